The first kappa shape index (κ1) is 25.4. The highest BCUT2D eigenvalue weighted by molar-refractivity contribution is 5.93. The van der Waals surface area contributed by atoms with Crippen molar-refractivity contribution in [2.45, 2.75) is 72.3 Å². The van der Waals surface area contributed by atoms with Crippen molar-refractivity contribution in [2.75, 3.05) is 0 Å². The Kier molecular flexibility index (Phi) is 8.80. The summed E-state index contributed by atoms with van der Waals surface area (Å²) in [4.78, 5) is 51.9. The van der Waals surface area contributed by atoms with Gasteiger partial charge in [-0.05, 0) is 23.3 Å². The normalized spacial score (nSPS) is 25.5. The number of amides is 2. The molecular weight excluding hydrogens is 412 g/mol. The third-order valence-electron chi connectivity index (χ3n) is 5.32. The summed E-state index contributed by atoms with van der Waals surface area (Å²) in [6.45, 7) is 10.5. The first-order valence-corrected chi connectivity index (χ1v) is 11.1. The van der Waals surface area contributed by atoms with Crippen molar-refractivity contribution in [2.24, 2.45) is 17.8 Å². The fourth-order valence-electron chi connectivity index (χ4n) is 3.42. The van der Waals surface area contributed by atoms with E-state index in [-0.39, 0.29) is 24.2 Å². The van der Waals surface area contributed by atoms with Crippen molar-refractivity contribution in [3.63, 3.8) is 0 Å². The van der Waals surface area contributed by atoms with Crippen molar-refractivity contribution < 1.29 is 28.7 Å². The van der Waals surface area contributed by atoms with Crippen molar-refractivity contribution in [1.82, 2.24) is 10.6 Å². The average Bonchev–Trinajstić information content (AvgIpc) is 2.72. The molecule has 4 unspecified atom stereocenters. The molecule has 8 nitrogen and oxygen atoms in total. The molecule has 0 spiro atoms. The lowest BCUT2D eigenvalue weighted by Gasteiger charge is -2.31. The zero-order valence-electron chi connectivity index (χ0n) is 19.6. The quantitative estimate of drug-likeness (QED) is 0.670. The second-order valence-electron chi connectivity index (χ2n) is 9.18. The molecule has 2 amide bonds. The van der Waals surface area contributed by atoms with Crippen LogP contribution in [0.5, 0.6) is 0 Å². The lowest BCUT2D eigenvalue weighted by atomic mass is 10.00. The molecule has 1 heterocycles. The summed E-state index contributed by atoms with van der Waals surface area (Å²) in [6.07, 6.45) is -2.07. The summed E-state index contributed by atoms with van der Waals surface area (Å²) in [7, 11) is 0. The van der Waals surface area contributed by atoms with Crippen LogP contribution in [0.25, 0.3) is 0 Å². The van der Waals surface area contributed by atoms with E-state index in [2.05, 4.69) is 10.6 Å². The number of rotatable bonds is 5. The topological polar surface area (TPSA) is 111 Å². The first-order valence-electron chi connectivity index (χ1n) is 11.1. The first-order chi connectivity index (χ1) is 15.0. The van der Waals surface area contributed by atoms with E-state index in [0.717, 1.165) is 5.56 Å². The minimum Gasteiger partial charge on any atom is -0.450 e. The van der Waals surface area contributed by atoms with Crippen LogP contribution in [0.1, 0.15) is 47.1 Å². The van der Waals surface area contributed by atoms with E-state index in [4.69, 9.17) is 9.47 Å². The number of cyclic esters (lactones) is 2. The number of carbonyl (C=O) groups is 4. The molecule has 0 aliphatic carbocycles. The van der Waals surface area contributed by atoms with E-state index in [9.17, 15) is 19.2 Å². The van der Waals surface area contributed by atoms with Crippen molar-refractivity contribution in [3.8, 4) is 0 Å². The summed E-state index contributed by atoms with van der Waals surface area (Å²) < 4.78 is 11.1. The van der Waals surface area contributed by atoms with E-state index in [1.165, 1.54) is 0 Å². The Bertz CT molecular complexity index is 815. The number of benzene rings is 1. The number of nitrogens with one attached hydrogen (secondary N) is 2. The molecule has 0 radical (unpaired) electrons. The minimum absolute atomic E-state index is 0.172. The largest absolute Gasteiger partial charge is 0.450 e. The Morgan fingerprint density at radius 1 is 0.719 bits per heavy atom. The summed E-state index contributed by atoms with van der Waals surface area (Å²) in [5, 5.41) is 5.33. The Hall–Kier alpha value is -2.90. The maximum Gasteiger partial charge on any atom is 0.329 e. The molecule has 4 atom stereocenters. The molecule has 1 fully saturated rings. The molecule has 32 heavy (non-hydrogen) atoms. The molecule has 1 aromatic rings. The minimum atomic E-state index is -1.12. The van der Waals surface area contributed by atoms with Gasteiger partial charge < -0.3 is 20.1 Å². The van der Waals surface area contributed by atoms with Crippen molar-refractivity contribution in [3.05, 3.63) is 35.9 Å². The van der Waals surface area contributed by atoms with E-state index in [1.54, 1.807) is 41.5 Å². The molecule has 1 saturated heterocycles. The summed E-state index contributed by atoms with van der Waals surface area (Å²) >= 11 is 0. The van der Waals surface area contributed by atoms with E-state index >= 15 is 0 Å². The smallest absolute Gasteiger partial charge is 0.329 e. The van der Waals surface area contributed by atoms with Crippen LogP contribution >= 0.6 is 0 Å². The van der Waals surface area contributed by atoms with Crippen LogP contribution in [0, 0.1) is 17.8 Å². The predicted molar refractivity (Wildman–Crippen MR) is 118 cm³/mol. The van der Waals surface area contributed by atoms with Gasteiger partial charge in [0.2, 0.25) is 0 Å². The second-order valence-corrected chi connectivity index (χ2v) is 9.18. The number of hydrogen-bond acceptors (Lipinski definition) is 6. The van der Waals surface area contributed by atoms with Gasteiger partial charge >= 0.3 is 11.9 Å². The van der Waals surface area contributed by atoms with Crippen molar-refractivity contribution in [1.29, 1.82) is 0 Å². The van der Waals surface area contributed by atoms with Crippen LogP contribution in [0.4, 0.5) is 0 Å². The van der Waals surface area contributed by atoms with Gasteiger partial charge in [0.15, 0.2) is 12.2 Å². The lowest BCUT2D eigenvalue weighted by molar-refractivity contribution is -0.169. The molecule has 8 heteroatoms. The fraction of sp³-hybridized carbons (Fsp3) is 0.583. The summed E-state index contributed by atoms with van der Waals surface area (Å²) in [5.41, 5.74) is 0.811. The third kappa shape index (κ3) is 6.55. The lowest BCUT2D eigenvalue weighted by Crippen LogP contribution is -2.56. The molecule has 0 bridgehead atoms. The van der Waals surface area contributed by atoms with Gasteiger partial charge in [-0.15, -0.1) is 0 Å². The summed E-state index contributed by atoms with van der Waals surface area (Å²) in [5.74, 6) is -3.55. The number of hydrogen-bond donors (Lipinski definition) is 2. The third-order valence-corrected chi connectivity index (χ3v) is 5.32. The van der Waals surface area contributed by atoms with Crippen LogP contribution in [0.3, 0.4) is 0 Å². The van der Waals surface area contributed by atoms with Crippen LogP contribution in [-0.2, 0) is 35.1 Å². The van der Waals surface area contributed by atoms with Gasteiger partial charge in [0.05, 0.1) is 0 Å². The highest BCUT2D eigenvalue weighted by Crippen LogP contribution is 2.17. The van der Waals surface area contributed by atoms with Crippen LogP contribution < -0.4 is 10.6 Å². The summed E-state index contributed by atoms with van der Waals surface area (Å²) in [6, 6.07) is 7.14. The number of carbonyl (C=O) groups excluding carboxylic acids is 4. The average molecular weight is 447 g/mol. The van der Waals surface area contributed by atoms with Gasteiger partial charge in [-0.2, -0.15) is 0 Å². The highest BCUT2D eigenvalue weighted by Gasteiger charge is 2.39. The van der Waals surface area contributed by atoms with Crippen molar-refractivity contribution >= 4 is 23.8 Å². The molecule has 0 aromatic heterocycles. The van der Waals surface area contributed by atoms with Gasteiger partial charge in [0, 0.05) is 6.42 Å². The van der Waals surface area contributed by atoms with Crippen LogP contribution in [-0.4, -0.2) is 48.0 Å². The van der Waals surface area contributed by atoms with Gasteiger partial charge in [-0.3, -0.25) is 9.59 Å². The van der Waals surface area contributed by atoms with Gasteiger partial charge in [0.25, 0.3) is 11.8 Å². The SMILES string of the molecule is CC(C)C1NC(=O)C(C(C)C)OC(=O)C(Cc2ccccc2)NC(=O)C(C(C)C)OC1=O. The van der Waals surface area contributed by atoms with Gasteiger partial charge in [-0.1, -0.05) is 71.9 Å². The highest BCUT2D eigenvalue weighted by atomic mass is 16.6. The Morgan fingerprint density at radius 3 is 1.72 bits per heavy atom. The second kappa shape index (κ2) is 11.1. The molecule has 2 N–H and O–H groups in total. The molecule has 176 valence electrons. The number of esters is 2. The number of ether oxygens (including phenoxy) is 2. The molecule has 1 aliphatic heterocycles. The Morgan fingerprint density at radius 2 is 1.22 bits per heavy atom. The van der Waals surface area contributed by atoms with Crippen LogP contribution in [0.2, 0.25) is 0 Å². The molecule has 1 aromatic carbocycles. The van der Waals surface area contributed by atoms with E-state index in [0.29, 0.717) is 0 Å². The van der Waals surface area contributed by atoms with E-state index < -0.39 is 48.0 Å². The molecule has 0 saturated carbocycles. The molecule has 2 rings (SSSR count). The van der Waals surface area contributed by atoms with Gasteiger partial charge in [-0.25, -0.2) is 9.59 Å². The molecule has 1 aliphatic rings. The fourth-order valence-corrected chi connectivity index (χ4v) is 3.42. The van der Waals surface area contributed by atoms with Crippen LogP contribution in [0.15, 0.2) is 30.3 Å². The Balaban J connectivity index is 2.44. The predicted octanol–water partition coefficient (Wildman–Crippen LogP) is 2.00. The Labute approximate surface area is 189 Å². The zero-order chi connectivity index (χ0) is 24.0. The van der Waals surface area contributed by atoms with E-state index in [1.807, 2.05) is 30.3 Å². The standard InChI is InChI=1S/C24H34N2O6/c1-13(2)18-24(30)32-19(14(3)4)21(27)25-17(12-16-10-8-7-9-11-16)23(29)31-20(15(5)6)22(28)26-18/h7-11,13-15,17-20H,12H2,1-6H3,(H,25,27)(H,26,28). The van der Waals surface area contributed by atoms with Gasteiger partial charge in [0.1, 0.15) is 12.1 Å². The molecular formula is C24H34N2O6. The zero-order valence-corrected chi connectivity index (χ0v) is 19.6. The maximum absolute atomic E-state index is 13.1. The monoisotopic (exact) mass is 446 g/mol. The maximum atomic E-state index is 13.1.